The van der Waals surface area contributed by atoms with Gasteiger partial charge in [-0.1, -0.05) is 146 Å². The van der Waals surface area contributed by atoms with Crippen molar-refractivity contribution in [2.24, 2.45) is 0 Å². The first-order valence-electron chi connectivity index (χ1n) is 20.1. The molecule has 0 radical (unpaired) electrons. The van der Waals surface area contributed by atoms with Crippen LogP contribution in [-0.4, -0.2) is 0 Å². The predicted molar refractivity (Wildman–Crippen MR) is 251 cm³/mol. The molecule has 0 saturated heterocycles. The van der Waals surface area contributed by atoms with E-state index in [1.807, 2.05) is 28.7 Å². The van der Waals surface area contributed by atoms with Gasteiger partial charge in [-0.2, -0.15) is 0 Å². The molecule has 9 aromatic carbocycles. The van der Waals surface area contributed by atoms with Gasteiger partial charge >= 0.3 is 0 Å². The van der Waals surface area contributed by atoms with Crippen molar-refractivity contribution < 1.29 is 4.42 Å². The molecule has 59 heavy (non-hydrogen) atoms. The third-order valence-corrected chi connectivity index (χ3v) is 14.9. The van der Waals surface area contributed by atoms with Crippen molar-refractivity contribution in [3.8, 4) is 11.1 Å². The fourth-order valence-electron chi connectivity index (χ4n) is 10.1. The highest BCUT2D eigenvalue weighted by atomic mass is 32.1. The van der Waals surface area contributed by atoms with E-state index in [0.29, 0.717) is 0 Å². The van der Waals surface area contributed by atoms with Crippen molar-refractivity contribution in [2.45, 2.75) is 5.41 Å². The summed E-state index contributed by atoms with van der Waals surface area (Å²) in [6.45, 7) is 0. The number of para-hydroxylation sites is 1. The van der Waals surface area contributed by atoms with Crippen molar-refractivity contribution in [3.63, 3.8) is 0 Å². The topological polar surface area (TPSA) is 16.4 Å². The summed E-state index contributed by atoms with van der Waals surface area (Å²) >= 11 is 3.79. The lowest BCUT2D eigenvalue weighted by Crippen LogP contribution is -2.28. The van der Waals surface area contributed by atoms with Crippen LogP contribution in [0.1, 0.15) is 22.3 Å². The maximum absolute atomic E-state index is 6.57. The molecular formula is C55H33NOS2. The first-order chi connectivity index (χ1) is 29.3. The number of fused-ring (bicyclic) bond motifs is 13. The van der Waals surface area contributed by atoms with E-state index in [-0.39, 0.29) is 0 Å². The molecule has 0 N–H and O–H groups in total. The zero-order valence-electron chi connectivity index (χ0n) is 31.7. The van der Waals surface area contributed by atoms with Gasteiger partial charge in [-0.05, 0) is 81.9 Å². The molecule has 0 aliphatic heterocycles. The molecule has 0 fully saturated rings. The van der Waals surface area contributed by atoms with Crippen LogP contribution in [0.4, 0.5) is 17.1 Å². The summed E-state index contributed by atoms with van der Waals surface area (Å²) < 4.78 is 11.8. The zero-order valence-corrected chi connectivity index (χ0v) is 33.4. The number of anilines is 3. The molecule has 1 aliphatic rings. The van der Waals surface area contributed by atoms with Crippen LogP contribution >= 0.6 is 22.7 Å². The smallest absolute Gasteiger partial charge is 0.137 e. The fourth-order valence-corrected chi connectivity index (χ4v) is 12.6. The van der Waals surface area contributed by atoms with Crippen molar-refractivity contribution in [3.05, 3.63) is 222 Å². The van der Waals surface area contributed by atoms with Gasteiger partial charge < -0.3 is 9.32 Å². The zero-order chi connectivity index (χ0) is 38.7. The van der Waals surface area contributed by atoms with Crippen LogP contribution in [0, 0.1) is 0 Å². The third kappa shape index (κ3) is 4.61. The van der Waals surface area contributed by atoms with E-state index in [1.54, 1.807) is 0 Å². The highest BCUT2D eigenvalue weighted by molar-refractivity contribution is 7.30. The minimum atomic E-state index is -0.520. The van der Waals surface area contributed by atoms with E-state index in [0.717, 1.165) is 39.0 Å². The van der Waals surface area contributed by atoms with Gasteiger partial charge in [-0.25, -0.2) is 0 Å². The summed E-state index contributed by atoms with van der Waals surface area (Å²) in [5.74, 6) is 0. The normalized spacial score (nSPS) is 13.2. The average Bonchev–Trinajstić information content (AvgIpc) is 4.05. The number of rotatable bonds is 5. The van der Waals surface area contributed by atoms with Crippen molar-refractivity contribution in [1.82, 2.24) is 0 Å². The SMILES string of the molecule is c1ccc(C2(c3ccccc3)c3ccccc3-c3ccc(N(c4ccc5c(c4)oc4ccccc45)c4cccc5c4sc4c5ccc5sc6ccccc6c54)cc32)cc1. The predicted octanol–water partition coefficient (Wildman–Crippen LogP) is 16.2. The van der Waals surface area contributed by atoms with E-state index in [4.69, 9.17) is 4.42 Å². The standard InChI is InChI=1S/C55H33NOS2/c1-3-14-34(15-4-1)55(35-16-5-2-6-17-35)45-22-10-7-18-38(45)39-28-26-36(32-46(39)55)56(37-27-29-41-40-19-8-11-24-48(40)57-49(41)33-37)47-23-13-21-42-43-30-31-51-52(54(43)59-53(42)47)44-20-9-12-25-50(44)58-51/h1-33H. The molecule has 4 heteroatoms. The number of hydrogen-bond donors (Lipinski definition) is 0. The van der Waals surface area contributed by atoms with Gasteiger partial charge in [-0.3, -0.25) is 0 Å². The van der Waals surface area contributed by atoms with Gasteiger partial charge in [0.15, 0.2) is 0 Å². The van der Waals surface area contributed by atoms with E-state index >= 15 is 0 Å². The fraction of sp³-hybridized carbons (Fsp3) is 0.0182. The van der Waals surface area contributed by atoms with E-state index in [1.165, 1.54) is 73.7 Å². The summed E-state index contributed by atoms with van der Waals surface area (Å²) in [6.07, 6.45) is 0. The number of furan rings is 1. The minimum absolute atomic E-state index is 0.520. The molecule has 12 aromatic rings. The Balaban J connectivity index is 1.12. The number of hydrogen-bond acceptors (Lipinski definition) is 4. The molecule has 3 aromatic heterocycles. The Labute approximate surface area is 348 Å². The molecule has 13 rings (SSSR count). The Morgan fingerprint density at radius 3 is 1.86 bits per heavy atom. The second kappa shape index (κ2) is 12.5. The molecule has 0 amide bonds. The molecule has 2 nitrogen and oxygen atoms in total. The summed E-state index contributed by atoms with van der Waals surface area (Å²) in [5.41, 5.74) is 12.2. The Bertz CT molecular complexity index is 3590. The average molecular weight is 788 g/mol. The second-order valence-electron chi connectivity index (χ2n) is 15.5. The van der Waals surface area contributed by atoms with Crippen LogP contribution < -0.4 is 4.90 Å². The van der Waals surface area contributed by atoms with Crippen LogP contribution in [0.3, 0.4) is 0 Å². The molecule has 0 saturated carbocycles. The van der Waals surface area contributed by atoms with Crippen molar-refractivity contribution in [2.75, 3.05) is 4.90 Å². The Kier molecular flexibility index (Phi) is 7.00. The largest absolute Gasteiger partial charge is 0.456 e. The second-order valence-corrected chi connectivity index (χ2v) is 17.6. The quantitative estimate of drug-likeness (QED) is 0.173. The lowest BCUT2D eigenvalue weighted by molar-refractivity contribution is 0.669. The number of thiophene rings is 2. The minimum Gasteiger partial charge on any atom is -0.456 e. The van der Waals surface area contributed by atoms with Crippen LogP contribution in [0.5, 0.6) is 0 Å². The molecule has 0 atom stereocenters. The van der Waals surface area contributed by atoms with Crippen LogP contribution in [-0.2, 0) is 5.41 Å². The Morgan fingerprint density at radius 2 is 1.02 bits per heavy atom. The van der Waals surface area contributed by atoms with Crippen LogP contribution in [0.25, 0.3) is 73.4 Å². The molecular weight excluding hydrogens is 755 g/mol. The monoisotopic (exact) mass is 787 g/mol. The van der Waals surface area contributed by atoms with E-state index in [9.17, 15) is 0 Å². The summed E-state index contributed by atoms with van der Waals surface area (Å²) in [4.78, 5) is 2.47. The van der Waals surface area contributed by atoms with Crippen LogP contribution in [0.2, 0.25) is 0 Å². The lowest BCUT2D eigenvalue weighted by Gasteiger charge is -2.35. The first-order valence-corrected chi connectivity index (χ1v) is 21.7. The van der Waals surface area contributed by atoms with Gasteiger partial charge in [0.25, 0.3) is 0 Å². The van der Waals surface area contributed by atoms with Crippen molar-refractivity contribution in [1.29, 1.82) is 0 Å². The maximum Gasteiger partial charge on any atom is 0.137 e. The lowest BCUT2D eigenvalue weighted by atomic mass is 9.67. The van der Waals surface area contributed by atoms with Gasteiger partial charge in [0.05, 0.1) is 15.8 Å². The van der Waals surface area contributed by atoms with Gasteiger partial charge in [-0.15, -0.1) is 22.7 Å². The highest BCUT2D eigenvalue weighted by Crippen LogP contribution is 2.58. The van der Waals surface area contributed by atoms with Crippen LogP contribution in [0.15, 0.2) is 205 Å². The van der Waals surface area contributed by atoms with Gasteiger partial charge in [0.2, 0.25) is 0 Å². The first kappa shape index (κ1) is 33.0. The maximum atomic E-state index is 6.57. The molecule has 0 spiro atoms. The summed E-state index contributed by atoms with van der Waals surface area (Å²) in [5, 5.41) is 7.50. The molecule has 276 valence electrons. The highest BCUT2D eigenvalue weighted by Gasteiger charge is 2.46. The molecule has 3 heterocycles. The molecule has 0 unspecified atom stereocenters. The third-order valence-electron chi connectivity index (χ3n) is 12.5. The van der Waals surface area contributed by atoms with Crippen molar-refractivity contribution >= 4 is 102 Å². The van der Waals surface area contributed by atoms with Gasteiger partial charge in [0.1, 0.15) is 11.2 Å². The Hall–Kier alpha value is -6.98. The summed E-state index contributed by atoms with van der Waals surface area (Å²) in [6, 6.07) is 73.7. The Morgan fingerprint density at radius 1 is 0.390 bits per heavy atom. The molecule has 0 bridgehead atoms. The number of benzene rings is 9. The molecule has 1 aliphatic carbocycles. The van der Waals surface area contributed by atoms with E-state index < -0.39 is 5.41 Å². The van der Waals surface area contributed by atoms with Gasteiger partial charge in [0, 0.05) is 63.9 Å². The number of nitrogens with zero attached hydrogens (tertiary/aromatic N) is 1. The summed E-state index contributed by atoms with van der Waals surface area (Å²) in [7, 11) is 0. The van der Waals surface area contributed by atoms with E-state index in [2.05, 4.69) is 199 Å².